The van der Waals surface area contributed by atoms with Crippen molar-refractivity contribution in [3.05, 3.63) is 36.6 Å². The van der Waals surface area contributed by atoms with Crippen LogP contribution in [0.5, 0.6) is 0 Å². The van der Waals surface area contributed by atoms with E-state index in [1.54, 1.807) is 18.3 Å². The van der Waals surface area contributed by atoms with Gasteiger partial charge in [-0.25, -0.2) is 9.07 Å². The number of hydrogen-bond donors (Lipinski definition) is 0. The average Bonchev–Trinajstić information content (AvgIpc) is 2.32. The SMILES string of the molecule is C=C=Cc1cn(Cl)c(C=C)n1. The standard InChI is InChI=1S/C8H7ClN2/c1-3-5-7-6-11(9)8(4-2)10-7/h4-6H,1-2H2. The number of hydrogen-bond acceptors (Lipinski definition) is 1. The fraction of sp³-hybridized carbons (Fsp3) is 0. The van der Waals surface area contributed by atoms with Crippen molar-refractivity contribution in [1.29, 1.82) is 0 Å². The summed E-state index contributed by atoms with van der Waals surface area (Å²) in [5.41, 5.74) is 3.33. The maximum atomic E-state index is 5.70. The maximum absolute atomic E-state index is 5.70. The van der Waals surface area contributed by atoms with E-state index in [4.69, 9.17) is 11.8 Å². The smallest absolute Gasteiger partial charge is 0.147 e. The van der Waals surface area contributed by atoms with Crippen molar-refractivity contribution in [1.82, 2.24) is 9.07 Å². The zero-order valence-corrected chi connectivity index (χ0v) is 6.67. The molecular formula is C8H7ClN2. The highest BCUT2D eigenvalue weighted by molar-refractivity contribution is 6.16. The molecule has 0 aromatic carbocycles. The minimum absolute atomic E-state index is 0.619. The molecule has 0 aliphatic carbocycles. The quantitative estimate of drug-likeness (QED) is 0.617. The Kier molecular flexibility index (Phi) is 2.32. The van der Waals surface area contributed by atoms with E-state index >= 15 is 0 Å². The Hall–Kier alpha value is -1.24. The van der Waals surface area contributed by atoms with Gasteiger partial charge in [0.05, 0.1) is 11.9 Å². The summed E-state index contributed by atoms with van der Waals surface area (Å²) < 4.78 is 1.37. The average molecular weight is 167 g/mol. The summed E-state index contributed by atoms with van der Waals surface area (Å²) in [4.78, 5) is 4.07. The molecule has 0 saturated heterocycles. The van der Waals surface area contributed by atoms with Crippen LogP contribution in [0.15, 0.2) is 25.1 Å². The molecule has 0 aliphatic heterocycles. The summed E-state index contributed by atoms with van der Waals surface area (Å²) in [6.07, 6.45) is 4.88. The van der Waals surface area contributed by atoms with E-state index < -0.39 is 0 Å². The zero-order chi connectivity index (χ0) is 8.27. The summed E-state index contributed by atoms with van der Waals surface area (Å²) in [5.74, 6) is 0.619. The molecule has 1 heterocycles. The Morgan fingerprint density at radius 3 is 2.91 bits per heavy atom. The normalized spacial score (nSPS) is 8.82. The molecule has 0 spiro atoms. The molecule has 0 N–H and O–H groups in total. The number of nitrogens with zero attached hydrogens (tertiary/aromatic N) is 2. The second kappa shape index (κ2) is 3.24. The van der Waals surface area contributed by atoms with Gasteiger partial charge >= 0.3 is 0 Å². The molecule has 1 aromatic rings. The van der Waals surface area contributed by atoms with Gasteiger partial charge in [-0.1, -0.05) is 13.2 Å². The Labute approximate surface area is 70.2 Å². The van der Waals surface area contributed by atoms with Crippen molar-refractivity contribution in [2.45, 2.75) is 0 Å². The number of rotatable bonds is 2. The fourth-order valence-corrected chi connectivity index (χ4v) is 0.905. The van der Waals surface area contributed by atoms with Crippen LogP contribution in [0, 0.1) is 0 Å². The molecule has 1 aromatic heterocycles. The van der Waals surface area contributed by atoms with Crippen molar-refractivity contribution in [3.63, 3.8) is 0 Å². The van der Waals surface area contributed by atoms with E-state index in [0.717, 1.165) is 5.69 Å². The summed E-state index contributed by atoms with van der Waals surface area (Å²) in [5, 5.41) is 0. The molecule has 0 radical (unpaired) electrons. The number of halogens is 1. The van der Waals surface area contributed by atoms with Crippen molar-refractivity contribution >= 4 is 23.9 Å². The first-order valence-corrected chi connectivity index (χ1v) is 3.35. The van der Waals surface area contributed by atoms with Crippen LogP contribution < -0.4 is 0 Å². The molecule has 0 unspecified atom stereocenters. The predicted molar refractivity (Wildman–Crippen MR) is 47.2 cm³/mol. The summed E-state index contributed by atoms with van der Waals surface area (Å²) in [6.45, 7) is 6.97. The molecule has 0 aliphatic rings. The molecule has 56 valence electrons. The first-order chi connectivity index (χ1) is 5.27. The lowest BCUT2D eigenvalue weighted by Crippen LogP contribution is -1.80. The van der Waals surface area contributed by atoms with Crippen LogP contribution in [0.1, 0.15) is 11.5 Å². The lowest BCUT2D eigenvalue weighted by Gasteiger charge is -1.85. The van der Waals surface area contributed by atoms with Crippen LogP contribution >= 0.6 is 11.8 Å². The topological polar surface area (TPSA) is 17.8 Å². The maximum Gasteiger partial charge on any atom is 0.147 e. The van der Waals surface area contributed by atoms with Crippen molar-refractivity contribution in [3.8, 4) is 0 Å². The van der Waals surface area contributed by atoms with Gasteiger partial charge < -0.3 is 0 Å². The third kappa shape index (κ3) is 1.61. The Bertz CT molecular complexity index is 319. The summed E-state index contributed by atoms with van der Waals surface area (Å²) >= 11 is 5.70. The summed E-state index contributed by atoms with van der Waals surface area (Å²) in [6, 6.07) is 0. The van der Waals surface area contributed by atoms with E-state index in [0.29, 0.717) is 5.82 Å². The van der Waals surface area contributed by atoms with E-state index in [1.807, 2.05) is 0 Å². The van der Waals surface area contributed by atoms with Crippen molar-refractivity contribution in [2.24, 2.45) is 0 Å². The van der Waals surface area contributed by atoms with Crippen LogP contribution in [0.3, 0.4) is 0 Å². The van der Waals surface area contributed by atoms with Crippen LogP contribution in [0.4, 0.5) is 0 Å². The van der Waals surface area contributed by atoms with Crippen LogP contribution in [-0.4, -0.2) is 9.07 Å². The van der Waals surface area contributed by atoms with Gasteiger partial charge in [-0.3, -0.25) is 0 Å². The highest BCUT2D eigenvalue weighted by atomic mass is 35.5. The van der Waals surface area contributed by atoms with Gasteiger partial charge in [-0.15, -0.1) is 5.73 Å². The lowest BCUT2D eigenvalue weighted by atomic mass is 10.5. The monoisotopic (exact) mass is 166 g/mol. The molecule has 1 rings (SSSR count). The molecule has 0 amide bonds. The Balaban J connectivity index is 3.13. The Morgan fingerprint density at radius 1 is 1.73 bits per heavy atom. The predicted octanol–water partition coefficient (Wildman–Crippen LogP) is 2.33. The third-order valence-electron chi connectivity index (χ3n) is 1.14. The van der Waals surface area contributed by atoms with E-state index in [9.17, 15) is 0 Å². The largest absolute Gasteiger partial charge is 0.241 e. The number of imidazole rings is 1. The highest BCUT2D eigenvalue weighted by Crippen LogP contribution is 2.06. The minimum Gasteiger partial charge on any atom is -0.241 e. The van der Waals surface area contributed by atoms with Gasteiger partial charge in [0.2, 0.25) is 0 Å². The van der Waals surface area contributed by atoms with Crippen LogP contribution in [0.2, 0.25) is 0 Å². The molecule has 11 heavy (non-hydrogen) atoms. The minimum atomic E-state index is 0.619. The van der Waals surface area contributed by atoms with E-state index in [1.165, 1.54) is 4.09 Å². The van der Waals surface area contributed by atoms with Crippen LogP contribution in [0.25, 0.3) is 12.2 Å². The van der Waals surface area contributed by atoms with Gasteiger partial charge in [-0.05, 0) is 6.08 Å². The van der Waals surface area contributed by atoms with E-state index in [-0.39, 0.29) is 0 Å². The van der Waals surface area contributed by atoms with Gasteiger partial charge in [0, 0.05) is 17.9 Å². The molecule has 2 nitrogen and oxygen atoms in total. The van der Waals surface area contributed by atoms with Crippen LogP contribution in [-0.2, 0) is 0 Å². The summed E-state index contributed by atoms with van der Waals surface area (Å²) in [7, 11) is 0. The fourth-order valence-electron chi connectivity index (χ4n) is 0.698. The molecule has 0 atom stereocenters. The van der Waals surface area contributed by atoms with Gasteiger partial charge in [0.15, 0.2) is 0 Å². The third-order valence-corrected chi connectivity index (χ3v) is 1.41. The molecule has 0 saturated carbocycles. The second-order valence-corrected chi connectivity index (χ2v) is 2.25. The van der Waals surface area contributed by atoms with Crippen molar-refractivity contribution in [2.75, 3.05) is 0 Å². The lowest BCUT2D eigenvalue weighted by molar-refractivity contribution is 1.18. The van der Waals surface area contributed by atoms with Crippen molar-refractivity contribution < 1.29 is 0 Å². The van der Waals surface area contributed by atoms with Gasteiger partial charge in [-0.2, -0.15) is 0 Å². The Morgan fingerprint density at radius 2 is 2.45 bits per heavy atom. The van der Waals surface area contributed by atoms with Gasteiger partial charge in [0.1, 0.15) is 5.82 Å². The first kappa shape index (κ1) is 7.86. The molecule has 0 bridgehead atoms. The highest BCUT2D eigenvalue weighted by Gasteiger charge is 1.98. The second-order valence-electron chi connectivity index (χ2n) is 1.89. The molecule has 0 fully saturated rings. The zero-order valence-electron chi connectivity index (χ0n) is 5.92. The molecular weight excluding hydrogens is 160 g/mol. The number of aromatic nitrogens is 2. The van der Waals surface area contributed by atoms with Gasteiger partial charge in [0.25, 0.3) is 0 Å². The molecule has 3 heteroatoms. The van der Waals surface area contributed by atoms with E-state index in [2.05, 4.69) is 23.9 Å². The first-order valence-electron chi connectivity index (χ1n) is 3.01.